The van der Waals surface area contributed by atoms with E-state index in [4.69, 9.17) is 4.98 Å². The van der Waals surface area contributed by atoms with Crippen LogP contribution in [0.5, 0.6) is 0 Å². The van der Waals surface area contributed by atoms with Gasteiger partial charge >= 0.3 is 0 Å². The Morgan fingerprint density at radius 3 is 2.85 bits per heavy atom. The predicted octanol–water partition coefficient (Wildman–Crippen LogP) is 4.61. The molecule has 0 saturated heterocycles. The lowest BCUT2D eigenvalue weighted by atomic mass is 10.1. The summed E-state index contributed by atoms with van der Waals surface area (Å²) in [6.45, 7) is 8.18. The van der Waals surface area contributed by atoms with Crippen LogP contribution in [0, 0.1) is 13.8 Å². The molecule has 26 heavy (non-hydrogen) atoms. The van der Waals surface area contributed by atoms with Gasteiger partial charge in [0.05, 0.1) is 22.8 Å². The number of amides is 1. The number of nitrogens with zero attached hydrogens (tertiary/aromatic N) is 4. The molecule has 3 heterocycles. The molecular formula is C19H23N5OS. The zero-order valence-electron chi connectivity index (χ0n) is 15.5. The summed E-state index contributed by atoms with van der Waals surface area (Å²) in [5.74, 6) is 2.05. The second-order valence-electron chi connectivity index (χ2n) is 7.05. The first-order chi connectivity index (χ1) is 12.5. The van der Waals surface area contributed by atoms with Gasteiger partial charge in [-0.05, 0) is 45.6 Å². The van der Waals surface area contributed by atoms with Gasteiger partial charge in [-0.25, -0.2) is 14.6 Å². The minimum Gasteiger partial charge on any atom is -0.306 e. The first-order valence-electron chi connectivity index (χ1n) is 9.12. The third-order valence-corrected chi connectivity index (χ3v) is 6.24. The lowest BCUT2D eigenvalue weighted by Crippen LogP contribution is -2.17. The molecular weight excluding hydrogens is 346 g/mol. The minimum atomic E-state index is -0.108. The number of hydrogen-bond acceptors (Lipinski definition) is 5. The van der Waals surface area contributed by atoms with Gasteiger partial charge in [0.25, 0.3) is 5.91 Å². The zero-order chi connectivity index (χ0) is 18.4. The molecule has 0 spiro atoms. The number of aromatic nitrogens is 4. The highest BCUT2D eigenvalue weighted by atomic mass is 32.1. The van der Waals surface area contributed by atoms with Crippen molar-refractivity contribution < 1.29 is 4.79 Å². The Labute approximate surface area is 156 Å². The van der Waals surface area contributed by atoms with Gasteiger partial charge in [-0.2, -0.15) is 5.10 Å². The van der Waals surface area contributed by atoms with Crippen LogP contribution in [0.3, 0.4) is 0 Å². The molecule has 1 atom stereocenters. The molecule has 4 rings (SSSR count). The maximum absolute atomic E-state index is 12.9. The summed E-state index contributed by atoms with van der Waals surface area (Å²) in [6, 6.07) is 2.07. The molecule has 1 aliphatic carbocycles. The summed E-state index contributed by atoms with van der Waals surface area (Å²) in [5, 5.41) is 8.36. The number of thiophene rings is 1. The van der Waals surface area contributed by atoms with Crippen molar-refractivity contribution in [1.29, 1.82) is 0 Å². The van der Waals surface area contributed by atoms with E-state index < -0.39 is 0 Å². The summed E-state index contributed by atoms with van der Waals surface area (Å²) in [6.07, 6.45) is 5.01. The van der Waals surface area contributed by atoms with E-state index in [0.29, 0.717) is 10.8 Å². The summed E-state index contributed by atoms with van der Waals surface area (Å²) >= 11 is 1.45. The number of fused-ring (bicyclic) bond motifs is 1. The molecule has 3 aromatic rings. The number of nitrogens with one attached hydrogen (secondary N) is 1. The van der Waals surface area contributed by atoms with Crippen LogP contribution in [0.1, 0.15) is 71.8 Å². The molecule has 0 aromatic carbocycles. The van der Waals surface area contributed by atoms with Gasteiger partial charge in [0, 0.05) is 17.4 Å². The molecule has 1 saturated carbocycles. The third kappa shape index (κ3) is 2.90. The van der Waals surface area contributed by atoms with Crippen molar-refractivity contribution in [2.24, 2.45) is 0 Å². The van der Waals surface area contributed by atoms with Crippen LogP contribution in [0.2, 0.25) is 0 Å². The van der Waals surface area contributed by atoms with Crippen molar-refractivity contribution in [2.45, 2.75) is 58.9 Å². The number of rotatable bonds is 5. The lowest BCUT2D eigenvalue weighted by Gasteiger charge is -2.14. The van der Waals surface area contributed by atoms with Crippen molar-refractivity contribution in [3.63, 3.8) is 0 Å². The number of anilines is 1. The normalized spacial score (nSPS) is 15.4. The van der Waals surface area contributed by atoms with E-state index >= 15 is 0 Å². The largest absolute Gasteiger partial charge is 0.306 e. The molecule has 3 aromatic heterocycles. The fourth-order valence-electron chi connectivity index (χ4n) is 3.21. The maximum Gasteiger partial charge on any atom is 0.267 e. The van der Waals surface area contributed by atoms with Crippen LogP contribution in [-0.4, -0.2) is 25.7 Å². The van der Waals surface area contributed by atoms with Gasteiger partial charge in [-0.1, -0.05) is 6.92 Å². The molecule has 136 valence electrons. The zero-order valence-corrected chi connectivity index (χ0v) is 16.4. The van der Waals surface area contributed by atoms with Crippen LogP contribution in [0.25, 0.3) is 10.2 Å². The van der Waals surface area contributed by atoms with E-state index in [-0.39, 0.29) is 11.9 Å². The summed E-state index contributed by atoms with van der Waals surface area (Å²) < 4.78 is 1.86. The Balaban J connectivity index is 1.68. The Morgan fingerprint density at radius 2 is 2.15 bits per heavy atom. The van der Waals surface area contributed by atoms with Crippen LogP contribution in [0.15, 0.2) is 12.3 Å². The molecule has 1 N–H and O–H groups in total. The van der Waals surface area contributed by atoms with Crippen molar-refractivity contribution in [3.8, 4) is 0 Å². The quantitative estimate of drug-likeness (QED) is 0.713. The Kier molecular flexibility index (Phi) is 4.26. The predicted molar refractivity (Wildman–Crippen MR) is 104 cm³/mol. The Hall–Kier alpha value is -2.28. The van der Waals surface area contributed by atoms with E-state index in [1.807, 2.05) is 24.6 Å². The van der Waals surface area contributed by atoms with Crippen LogP contribution in [0.4, 0.5) is 5.82 Å². The third-order valence-electron chi connectivity index (χ3n) is 5.06. The van der Waals surface area contributed by atoms with E-state index in [1.54, 1.807) is 6.20 Å². The molecule has 1 fully saturated rings. The lowest BCUT2D eigenvalue weighted by molar-refractivity contribution is 0.102. The Morgan fingerprint density at radius 1 is 1.38 bits per heavy atom. The molecule has 0 bridgehead atoms. The summed E-state index contributed by atoms with van der Waals surface area (Å²) in [4.78, 5) is 23.9. The summed E-state index contributed by atoms with van der Waals surface area (Å²) in [7, 11) is 0. The van der Waals surface area contributed by atoms with Crippen molar-refractivity contribution in [3.05, 3.63) is 34.2 Å². The summed E-state index contributed by atoms with van der Waals surface area (Å²) in [5.41, 5.74) is 1.92. The second-order valence-corrected chi connectivity index (χ2v) is 8.05. The Bertz CT molecular complexity index is 985. The molecule has 1 amide bonds. The first kappa shape index (κ1) is 17.1. The molecule has 1 unspecified atom stereocenters. The van der Waals surface area contributed by atoms with Crippen LogP contribution in [-0.2, 0) is 0 Å². The second kappa shape index (κ2) is 6.46. The number of aryl methyl sites for hydroxylation is 2. The SMILES string of the molecule is CCC(C)n1nccc1NC(=O)c1sc2nc(C3CC3)nc(C)c2c1C. The molecule has 7 heteroatoms. The standard InChI is InChI=1S/C19H23N5OS/c1-5-10(2)24-14(8-9-20-24)22-18(25)16-11(3)15-12(4)21-17(13-6-7-13)23-19(15)26-16/h8-10,13H,5-7H2,1-4H3,(H,22,25). The van der Waals surface area contributed by atoms with Gasteiger partial charge in [0.1, 0.15) is 16.5 Å². The highest BCUT2D eigenvalue weighted by molar-refractivity contribution is 7.20. The van der Waals surface area contributed by atoms with Gasteiger partial charge in [-0.15, -0.1) is 11.3 Å². The highest BCUT2D eigenvalue weighted by Gasteiger charge is 2.28. The number of hydrogen-bond donors (Lipinski definition) is 1. The van der Waals surface area contributed by atoms with Crippen molar-refractivity contribution >= 4 is 33.3 Å². The molecule has 0 aliphatic heterocycles. The first-order valence-corrected chi connectivity index (χ1v) is 9.93. The van der Waals surface area contributed by atoms with E-state index in [0.717, 1.165) is 39.5 Å². The molecule has 6 nitrogen and oxygen atoms in total. The van der Waals surface area contributed by atoms with Gasteiger partial charge in [0.2, 0.25) is 0 Å². The fourth-order valence-corrected chi connectivity index (χ4v) is 4.35. The minimum absolute atomic E-state index is 0.108. The average molecular weight is 369 g/mol. The number of carbonyl (C=O) groups is 1. The monoisotopic (exact) mass is 369 g/mol. The van der Waals surface area contributed by atoms with Gasteiger partial charge in [0.15, 0.2) is 0 Å². The van der Waals surface area contributed by atoms with E-state index in [1.165, 1.54) is 24.2 Å². The molecule has 0 radical (unpaired) electrons. The maximum atomic E-state index is 12.9. The van der Waals surface area contributed by atoms with Crippen molar-refractivity contribution in [2.75, 3.05) is 5.32 Å². The topological polar surface area (TPSA) is 72.7 Å². The van der Waals surface area contributed by atoms with Gasteiger partial charge in [-0.3, -0.25) is 4.79 Å². The highest BCUT2D eigenvalue weighted by Crippen LogP contribution is 2.40. The molecule has 1 aliphatic rings. The van der Waals surface area contributed by atoms with E-state index in [9.17, 15) is 4.79 Å². The fraction of sp³-hybridized carbons (Fsp3) is 0.474. The average Bonchev–Trinajstić information content (AvgIpc) is 3.28. The smallest absolute Gasteiger partial charge is 0.267 e. The van der Waals surface area contributed by atoms with Crippen LogP contribution >= 0.6 is 11.3 Å². The van der Waals surface area contributed by atoms with Crippen molar-refractivity contribution in [1.82, 2.24) is 19.7 Å². The number of carbonyl (C=O) groups excluding carboxylic acids is 1. The van der Waals surface area contributed by atoms with E-state index in [2.05, 4.69) is 29.2 Å². The van der Waals surface area contributed by atoms with Crippen LogP contribution < -0.4 is 5.32 Å². The van der Waals surface area contributed by atoms with Gasteiger partial charge < -0.3 is 5.32 Å².